The summed E-state index contributed by atoms with van der Waals surface area (Å²) in [5, 5.41) is 17.2. The highest BCUT2D eigenvalue weighted by Crippen LogP contribution is 2.45. The van der Waals surface area contributed by atoms with Gasteiger partial charge in [0.2, 0.25) is 0 Å². The summed E-state index contributed by atoms with van der Waals surface area (Å²) in [7, 11) is 0. The largest absolute Gasteiger partial charge is 0.478 e. The monoisotopic (exact) mass is 420 g/mol. The molecule has 0 radical (unpaired) electrons. The molecule has 1 saturated carbocycles. The van der Waals surface area contributed by atoms with Gasteiger partial charge in [0.05, 0.1) is 11.7 Å². The first-order chi connectivity index (χ1) is 15.7. The van der Waals surface area contributed by atoms with Gasteiger partial charge in [-0.1, -0.05) is 67.1 Å². The Morgan fingerprint density at radius 3 is 2.38 bits per heavy atom. The van der Waals surface area contributed by atoms with Crippen LogP contribution in [0.2, 0.25) is 0 Å². The third-order valence-electron chi connectivity index (χ3n) is 6.21. The first-order valence-corrected chi connectivity index (χ1v) is 10.9. The fraction of sp³-hybridized carbons (Fsp3) is 0.143. The van der Waals surface area contributed by atoms with E-state index in [0.717, 1.165) is 22.0 Å². The van der Waals surface area contributed by atoms with E-state index < -0.39 is 5.97 Å². The number of aromatic nitrogens is 2. The number of nitrogens with zero attached hydrogens (tertiary/aromatic N) is 1. The third-order valence-corrected chi connectivity index (χ3v) is 6.21. The van der Waals surface area contributed by atoms with Crippen LogP contribution in [0.15, 0.2) is 85.1 Å². The summed E-state index contributed by atoms with van der Waals surface area (Å²) in [6, 6.07) is 25.3. The van der Waals surface area contributed by atoms with Gasteiger partial charge in [-0.05, 0) is 70.4 Å². The van der Waals surface area contributed by atoms with Crippen LogP contribution < -0.4 is 0 Å². The van der Waals surface area contributed by atoms with Gasteiger partial charge in [-0.25, -0.2) is 4.79 Å². The van der Waals surface area contributed by atoms with Crippen LogP contribution in [0, 0.1) is 5.92 Å². The number of H-pyrrole nitrogens is 1. The van der Waals surface area contributed by atoms with Crippen molar-refractivity contribution in [3.05, 3.63) is 107 Å². The molecular formula is C28H24N2O2. The Morgan fingerprint density at radius 2 is 1.69 bits per heavy atom. The van der Waals surface area contributed by atoms with Gasteiger partial charge in [0.25, 0.3) is 0 Å². The van der Waals surface area contributed by atoms with Gasteiger partial charge >= 0.3 is 5.97 Å². The van der Waals surface area contributed by atoms with Crippen LogP contribution >= 0.6 is 0 Å². The van der Waals surface area contributed by atoms with Gasteiger partial charge in [0.15, 0.2) is 0 Å². The zero-order chi connectivity index (χ0) is 21.9. The molecule has 4 aromatic rings. The molecule has 0 amide bonds. The van der Waals surface area contributed by atoms with Crippen molar-refractivity contribution in [2.45, 2.75) is 19.3 Å². The standard InChI is InChI=1S/C28H24N2O2/c31-26(32)16-11-19-9-12-22(13-10-19)28(23-14-15-25-24(17-23)18-29-30-25)27(21-7-4-8-21)20-5-2-1-3-6-20/h1-3,5-6,9-18,21H,4,7-8H2,(H,29,30)(H,31,32). The van der Waals surface area contributed by atoms with Crippen LogP contribution in [0.1, 0.15) is 41.5 Å². The topological polar surface area (TPSA) is 66.0 Å². The molecule has 3 aromatic carbocycles. The number of hydrogen-bond donors (Lipinski definition) is 2. The van der Waals surface area contributed by atoms with Gasteiger partial charge in [-0.15, -0.1) is 0 Å². The summed E-state index contributed by atoms with van der Waals surface area (Å²) in [4.78, 5) is 10.9. The van der Waals surface area contributed by atoms with Crippen molar-refractivity contribution in [3.63, 3.8) is 0 Å². The van der Waals surface area contributed by atoms with E-state index in [1.165, 1.54) is 47.6 Å². The maximum atomic E-state index is 10.9. The van der Waals surface area contributed by atoms with Crippen molar-refractivity contribution in [2.75, 3.05) is 0 Å². The molecule has 1 aliphatic carbocycles. The van der Waals surface area contributed by atoms with Crippen LogP contribution in [0.25, 0.3) is 28.1 Å². The highest BCUT2D eigenvalue weighted by molar-refractivity contribution is 6.01. The highest BCUT2D eigenvalue weighted by atomic mass is 16.4. The minimum atomic E-state index is -0.945. The lowest BCUT2D eigenvalue weighted by molar-refractivity contribution is -0.131. The minimum Gasteiger partial charge on any atom is -0.478 e. The zero-order valence-corrected chi connectivity index (χ0v) is 17.7. The summed E-state index contributed by atoms with van der Waals surface area (Å²) in [5.74, 6) is -0.418. The van der Waals surface area contributed by atoms with Gasteiger partial charge < -0.3 is 5.11 Å². The lowest BCUT2D eigenvalue weighted by Crippen LogP contribution is -2.15. The molecule has 32 heavy (non-hydrogen) atoms. The SMILES string of the molecule is O=C(O)C=Cc1ccc(C(=C(c2ccccc2)C2CCC2)c2ccc3[nH]ncc3c2)cc1. The Labute approximate surface area is 186 Å². The van der Waals surface area contributed by atoms with Crippen molar-refractivity contribution in [3.8, 4) is 0 Å². The molecule has 0 unspecified atom stereocenters. The van der Waals surface area contributed by atoms with Crippen LogP contribution in [0.4, 0.5) is 0 Å². The Kier molecular flexibility index (Phi) is 5.42. The van der Waals surface area contributed by atoms with Crippen LogP contribution in [0.3, 0.4) is 0 Å². The first-order valence-electron chi connectivity index (χ1n) is 10.9. The normalized spacial score (nSPS) is 15.0. The number of carbonyl (C=O) groups is 1. The Balaban J connectivity index is 1.71. The average Bonchev–Trinajstić information content (AvgIpc) is 3.25. The fourth-order valence-corrected chi connectivity index (χ4v) is 4.40. The maximum absolute atomic E-state index is 10.9. The molecule has 0 atom stereocenters. The molecule has 0 bridgehead atoms. The average molecular weight is 421 g/mol. The second kappa shape index (κ2) is 8.67. The molecule has 1 aromatic heterocycles. The smallest absolute Gasteiger partial charge is 0.328 e. The molecule has 5 rings (SSSR count). The second-order valence-electron chi connectivity index (χ2n) is 8.25. The van der Waals surface area contributed by atoms with Crippen molar-refractivity contribution in [2.24, 2.45) is 5.92 Å². The number of allylic oxidation sites excluding steroid dienone is 1. The van der Waals surface area contributed by atoms with Gasteiger partial charge in [0, 0.05) is 11.5 Å². The maximum Gasteiger partial charge on any atom is 0.328 e. The Hall–Kier alpha value is -3.92. The molecule has 0 aliphatic heterocycles. The van der Waals surface area contributed by atoms with Crippen molar-refractivity contribution in [1.82, 2.24) is 10.2 Å². The molecular weight excluding hydrogens is 396 g/mol. The van der Waals surface area contributed by atoms with Gasteiger partial charge in [-0.3, -0.25) is 5.10 Å². The Bertz CT molecular complexity index is 1310. The fourth-order valence-electron chi connectivity index (χ4n) is 4.40. The number of rotatable bonds is 6. The molecule has 4 heteroatoms. The van der Waals surface area contributed by atoms with Crippen molar-refractivity contribution < 1.29 is 9.90 Å². The summed E-state index contributed by atoms with van der Waals surface area (Å²) in [6.45, 7) is 0. The summed E-state index contributed by atoms with van der Waals surface area (Å²) < 4.78 is 0. The predicted octanol–water partition coefficient (Wildman–Crippen LogP) is 6.42. The number of nitrogens with one attached hydrogen (secondary N) is 1. The van der Waals surface area contributed by atoms with E-state index >= 15 is 0 Å². The molecule has 1 fully saturated rings. The van der Waals surface area contributed by atoms with Crippen LogP contribution in [0.5, 0.6) is 0 Å². The molecule has 0 spiro atoms. The number of hydrogen-bond acceptors (Lipinski definition) is 2. The van der Waals surface area contributed by atoms with E-state index in [1.807, 2.05) is 18.3 Å². The zero-order valence-electron chi connectivity index (χ0n) is 17.7. The van der Waals surface area contributed by atoms with Crippen LogP contribution in [-0.2, 0) is 4.79 Å². The van der Waals surface area contributed by atoms with Crippen molar-refractivity contribution in [1.29, 1.82) is 0 Å². The number of benzene rings is 3. The number of aromatic amines is 1. The van der Waals surface area contributed by atoms with Crippen molar-refractivity contribution >= 4 is 34.1 Å². The quantitative estimate of drug-likeness (QED) is 0.279. The number of aliphatic carboxylic acids is 1. The van der Waals surface area contributed by atoms with Crippen LogP contribution in [-0.4, -0.2) is 21.3 Å². The summed E-state index contributed by atoms with van der Waals surface area (Å²) >= 11 is 0. The molecule has 2 N–H and O–H groups in total. The predicted molar refractivity (Wildman–Crippen MR) is 129 cm³/mol. The second-order valence-corrected chi connectivity index (χ2v) is 8.25. The number of fused-ring (bicyclic) bond motifs is 1. The van der Waals surface area contributed by atoms with E-state index in [2.05, 4.69) is 70.9 Å². The summed E-state index contributed by atoms with van der Waals surface area (Å²) in [6.07, 6.45) is 8.30. The van der Waals surface area contributed by atoms with E-state index in [4.69, 9.17) is 5.11 Å². The van der Waals surface area contributed by atoms with Gasteiger partial charge in [0.1, 0.15) is 0 Å². The number of carboxylic acids is 1. The number of carboxylic acid groups (broad SMARTS) is 1. The minimum absolute atomic E-state index is 0.527. The molecule has 0 saturated heterocycles. The lowest BCUT2D eigenvalue weighted by Gasteiger charge is -2.31. The molecule has 158 valence electrons. The highest BCUT2D eigenvalue weighted by Gasteiger charge is 2.27. The first kappa shape index (κ1) is 20.0. The molecule has 4 nitrogen and oxygen atoms in total. The van der Waals surface area contributed by atoms with E-state index in [0.29, 0.717) is 5.92 Å². The van der Waals surface area contributed by atoms with Gasteiger partial charge in [-0.2, -0.15) is 5.10 Å². The lowest BCUT2D eigenvalue weighted by atomic mass is 9.73. The summed E-state index contributed by atoms with van der Waals surface area (Å²) in [5.41, 5.74) is 8.06. The van der Waals surface area contributed by atoms with E-state index in [9.17, 15) is 4.79 Å². The van der Waals surface area contributed by atoms with E-state index in [1.54, 1.807) is 6.08 Å². The Morgan fingerprint density at radius 1 is 0.938 bits per heavy atom. The molecule has 1 aliphatic rings. The van der Waals surface area contributed by atoms with E-state index in [-0.39, 0.29) is 0 Å². The third kappa shape index (κ3) is 4.00. The molecule has 1 heterocycles.